The average molecular weight is 428 g/mol. The molecule has 0 saturated carbocycles. The van der Waals surface area contributed by atoms with E-state index in [4.69, 9.17) is 21.1 Å². The molecule has 1 aliphatic rings. The van der Waals surface area contributed by atoms with E-state index in [0.717, 1.165) is 33.7 Å². The maximum absolute atomic E-state index is 10.8. The molecule has 1 aromatic heterocycles. The molecule has 0 spiro atoms. The second-order valence-corrected chi connectivity index (χ2v) is 7.90. The highest BCUT2D eigenvalue weighted by molar-refractivity contribution is 6.30. The number of rotatable bonds is 6. The van der Waals surface area contributed by atoms with Gasteiger partial charge in [-0.15, -0.1) is 0 Å². The maximum Gasteiger partial charge on any atom is 0.132 e. The number of benzene rings is 2. The van der Waals surface area contributed by atoms with Crippen LogP contribution in [0, 0.1) is 6.92 Å². The highest BCUT2D eigenvalue weighted by Gasteiger charge is 2.30. The molecule has 0 radical (unpaired) electrons. The van der Waals surface area contributed by atoms with Crippen molar-refractivity contribution in [2.45, 2.75) is 32.7 Å². The first-order valence-corrected chi connectivity index (χ1v) is 10.3. The van der Waals surface area contributed by atoms with Gasteiger partial charge in [0, 0.05) is 36.3 Å². The van der Waals surface area contributed by atoms with Crippen molar-refractivity contribution in [1.82, 2.24) is 14.7 Å². The SMILES string of the molecule is COc1ccc(OC)c2c1CN(Cc1c(C)nn(Cc3ccccc3)c1Cl)C[C@H]2O. The molecule has 2 aromatic carbocycles. The Kier molecular flexibility index (Phi) is 5.99. The van der Waals surface area contributed by atoms with Gasteiger partial charge in [-0.3, -0.25) is 4.90 Å². The lowest BCUT2D eigenvalue weighted by molar-refractivity contribution is 0.0842. The van der Waals surface area contributed by atoms with Crippen LogP contribution in [0.3, 0.4) is 0 Å². The van der Waals surface area contributed by atoms with E-state index < -0.39 is 6.10 Å². The molecule has 30 heavy (non-hydrogen) atoms. The largest absolute Gasteiger partial charge is 0.496 e. The fraction of sp³-hybridized carbons (Fsp3) is 0.348. The van der Waals surface area contributed by atoms with E-state index in [1.807, 2.05) is 41.9 Å². The van der Waals surface area contributed by atoms with E-state index in [-0.39, 0.29) is 0 Å². The van der Waals surface area contributed by atoms with Gasteiger partial charge in [0.2, 0.25) is 0 Å². The maximum atomic E-state index is 10.8. The summed E-state index contributed by atoms with van der Waals surface area (Å²) in [5.41, 5.74) is 4.77. The Morgan fingerprint density at radius 2 is 1.77 bits per heavy atom. The van der Waals surface area contributed by atoms with Crippen LogP contribution in [0.1, 0.15) is 34.1 Å². The topological polar surface area (TPSA) is 59.8 Å². The van der Waals surface area contributed by atoms with Gasteiger partial charge in [-0.2, -0.15) is 5.10 Å². The van der Waals surface area contributed by atoms with E-state index in [2.05, 4.69) is 22.1 Å². The Labute approximate surface area is 181 Å². The Bertz CT molecular complexity index is 1040. The molecule has 2 heterocycles. The zero-order valence-corrected chi connectivity index (χ0v) is 18.2. The van der Waals surface area contributed by atoms with Crippen molar-refractivity contribution in [3.8, 4) is 11.5 Å². The molecule has 0 bridgehead atoms. The number of hydrogen-bond acceptors (Lipinski definition) is 5. The Morgan fingerprint density at radius 3 is 2.47 bits per heavy atom. The van der Waals surface area contributed by atoms with Gasteiger partial charge in [0.25, 0.3) is 0 Å². The lowest BCUT2D eigenvalue weighted by atomic mass is 9.95. The zero-order valence-electron chi connectivity index (χ0n) is 17.4. The highest BCUT2D eigenvalue weighted by atomic mass is 35.5. The van der Waals surface area contributed by atoms with Gasteiger partial charge in [-0.1, -0.05) is 41.9 Å². The summed E-state index contributed by atoms with van der Waals surface area (Å²) in [5.74, 6) is 1.43. The molecule has 158 valence electrons. The van der Waals surface area contributed by atoms with E-state index >= 15 is 0 Å². The number of aryl methyl sites for hydroxylation is 1. The van der Waals surface area contributed by atoms with Crippen molar-refractivity contribution < 1.29 is 14.6 Å². The van der Waals surface area contributed by atoms with Crippen LogP contribution in [0.25, 0.3) is 0 Å². The molecular formula is C23H26ClN3O3. The molecule has 0 aliphatic carbocycles. The third-order valence-electron chi connectivity index (χ3n) is 5.60. The minimum Gasteiger partial charge on any atom is -0.496 e. The number of ether oxygens (including phenoxy) is 2. The first-order valence-electron chi connectivity index (χ1n) is 9.91. The molecule has 6 nitrogen and oxygen atoms in total. The molecule has 0 saturated heterocycles. The number of nitrogens with zero attached hydrogens (tertiary/aromatic N) is 3. The molecule has 0 fully saturated rings. The Morgan fingerprint density at radius 1 is 1.07 bits per heavy atom. The van der Waals surface area contributed by atoms with Crippen LogP contribution in [-0.4, -0.2) is 40.6 Å². The number of fused-ring (bicyclic) bond motifs is 1. The first kappa shape index (κ1) is 20.7. The fourth-order valence-corrected chi connectivity index (χ4v) is 4.41. The van der Waals surface area contributed by atoms with E-state index in [0.29, 0.717) is 37.1 Å². The third-order valence-corrected chi connectivity index (χ3v) is 6.02. The number of aromatic nitrogens is 2. The van der Waals surface area contributed by atoms with Crippen LogP contribution in [0.2, 0.25) is 5.15 Å². The molecule has 1 atom stereocenters. The predicted octanol–water partition coefficient (Wildman–Crippen LogP) is 3.96. The zero-order chi connectivity index (χ0) is 21.3. The molecule has 4 rings (SSSR count). The number of aliphatic hydroxyl groups excluding tert-OH is 1. The lowest BCUT2D eigenvalue weighted by Gasteiger charge is -2.34. The Hall–Kier alpha value is -2.54. The van der Waals surface area contributed by atoms with Crippen molar-refractivity contribution in [1.29, 1.82) is 0 Å². The summed E-state index contributed by atoms with van der Waals surface area (Å²) in [4.78, 5) is 2.16. The van der Waals surface area contributed by atoms with Crippen molar-refractivity contribution in [3.05, 3.63) is 75.6 Å². The fourth-order valence-electron chi connectivity index (χ4n) is 4.12. The third kappa shape index (κ3) is 3.90. The number of β-amino-alcohol motifs (C(OH)–C–C–N with tert-alkyl or cyclic N) is 1. The van der Waals surface area contributed by atoms with Gasteiger partial charge >= 0.3 is 0 Å². The molecule has 7 heteroatoms. The van der Waals surface area contributed by atoms with Crippen LogP contribution in [-0.2, 0) is 19.6 Å². The number of methoxy groups -OCH3 is 2. The molecule has 3 aromatic rings. The standard InChI is InChI=1S/C23H26ClN3O3/c1-15-17(23(24)27(25-15)11-16-7-5-4-6-8-16)12-26-13-18-20(29-2)9-10-21(30-3)22(18)19(28)14-26/h4-10,19,28H,11-14H2,1-3H3/t19-/m1/s1. The molecular weight excluding hydrogens is 402 g/mol. The monoisotopic (exact) mass is 427 g/mol. The van der Waals surface area contributed by atoms with Crippen molar-refractivity contribution in [3.63, 3.8) is 0 Å². The predicted molar refractivity (Wildman–Crippen MR) is 116 cm³/mol. The van der Waals surface area contributed by atoms with E-state index in [1.54, 1.807) is 14.2 Å². The first-order chi connectivity index (χ1) is 14.5. The number of aliphatic hydroxyl groups is 1. The molecule has 1 aliphatic heterocycles. The molecule has 0 amide bonds. The quantitative estimate of drug-likeness (QED) is 0.645. The molecule has 0 unspecified atom stereocenters. The normalized spacial score (nSPS) is 16.4. The van der Waals surface area contributed by atoms with Crippen molar-refractivity contribution in [2.75, 3.05) is 20.8 Å². The van der Waals surface area contributed by atoms with Gasteiger partial charge in [-0.05, 0) is 24.6 Å². The van der Waals surface area contributed by atoms with Gasteiger partial charge < -0.3 is 14.6 Å². The smallest absolute Gasteiger partial charge is 0.132 e. The lowest BCUT2D eigenvalue weighted by Crippen LogP contribution is -2.34. The van der Waals surface area contributed by atoms with Gasteiger partial charge in [-0.25, -0.2) is 4.68 Å². The van der Waals surface area contributed by atoms with Crippen molar-refractivity contribution >= 4 is 11.6 Å². The van der Waals surface area contributed by atoms with Crippen LogP contribution < -0.4 is 9.47 Å². The minimum atomic E-state index is -0.669. The minimum absolute atomic E-state index is 0.482. The van der Waals surface area contributed by atoms with Gasteiger partial charge in [0.1, 0.15) is 16.7 Å². The summed E-state index contributed by atoms with van der Waals surface area (Å²) in [6.07, 6.45) is -0.669. The van der Waals surface area contributed by atoms with E-state index in [1.165, 1.54) is 0 Å². The number of hydrogen-bond donors (Lipinski definition) is 1. The van der Waals surface area contributed by atoms with Gasteiger partial charge in [0.05, 0.1) is 32.6 Å². The number of halogens is 1. The second-order valence-electron chi connectivity index (χ2n) is 7.55. The summed E-state index contributed by atoms with van der Waals surface area (Å²) in [6.45, 7) is 4.30. The summed E-state index contributed by atoms with van der Waals surface area (Å²) in [5, 5.41) is 16.1. The summed E-state index contributed by atoms with van der Waals surface area (Å²) >= 11 is 6.71. The average Bonchev–Trinajstić information content (AvgIpc) is 3.01. The summed E-state index contributed by atoms with van der Waals surface area (Å²) in [7, 11) is 3.26. The van der Waals surface area contributed by atoms with Crippen LogP contribution >= 0.6 is 11.6 Å². The highest BCUT2D eigenvalue weighted by Crippen LogP contribution is 2.40. The van der Waals surface area contributed by atoms with Crippen LogP contribution in [0.5, 0.6) is 11.5 Å². The summed E-state index contributed by atoms with van der Waals surface area (Å²) < 4.78 is 12.8. The van der Waals surface area contributed by atoms with Crippen molar-refractivity contribution in [2.24, 2.45) is 0 Å². The van der Waals surface area contributed by atoms with Gasteiger partial charge in [0.15, 0.2) is 0 Å². The second kappa shape index (κ2) is 8.68. The molecule has 1 N–H and O–H groups in total. The van der Waals surface area contributed by atoms with E-state index in [9.17, 15) is 5.11 Å². The van der Waals surface area contributed by atoms with Crippen LogP contribution in [0.15, 0.2) is 42.5 Å². The van der Waals surface area contributed by atoms with Crippen LogP contribution in [0.4, 0.5) is 0 Å². The summed E-state index contributed by atoms with van der Waals surface area (Å²) in [6, 6.07) is 13.8. The Balaban J connectivity index is 1.59.